The van der Waals surface area contributed by atoms with Crippen LogP contribution >= 0.6 is 11.6 Å². The van der Waals surface area contributed by atoms with E-state index in [1.54, 1.807) is 0 Å². The standard InChI is InChI=1S/C23H26ClN/c24-22-10-8-21(9-11-22)23(20-4-2-1-3-5-20)13-15-25-14-12-18-6-7-19(16-18)17-25/h1-5,8-11,13,18-19H,6-7,12,14-17H2/b23-13+/t18-,19-/m0/s1. The van der Waals surface area contributed by atoms with Crippen LogP contribution in [0.25, 0.3) is 5.57 Å². The number of hydrogen-bond donors (Lipinski definition) is 0. The van der Waals surface area contributed by atoms with Crippen LogP contribution in [0.4, 0.5) is 0 Å². The van der Waals surface area contributed by atoms with Crippen LogP contribution in [-0.4, -0.2) is 24.5 Å². The molecule has 0 spiro atoms. The van der Waals surface area contributed by atoms with Gasteiger partial charge in [-0.15, -0.1) is 0 Å². The first-order valence-electron chi connectivity index (χ1n) is 9.52. The number of benzene rings is 2. The summed E-state index contributed by atoms with van der Waals surface area (Å²) >= 11 is 6.09. The largest absolute Gasteiger partial charge is 0.299 e. The van der Waals surface area contributed by atoms with Gasteiger partial charge in [-0.05, 0) is 66.5 Å². The van der Waals surface area contributed by atoms with E-state index < -0.39 is 0 Å². The Bertz CT molecular complexity index is 720. The molecule has 1 aliphatic carbocycles. The fraction of sp³-hybridized carbons (Fsp3) is 0.391. The molecule has 1 aliphatic heterocycles. The van der Waals surface area contributed by atoms with Crippen LogP contribution in [0.2, 0.25) is 5.02 Å². The molecule has 2 aliphatic rings. The summed E-state index contributed by atoms with van der Waals surface area (Å²) in [5.74, 6) is 1.92. The molecular formula is C23H26ClN. The Morgan fingerprint density at radius 1 is 0.920 bits per heavy atom. The SMILES string of the molecule is Clc1ccc(/C(=C/CN2CC[C@@H]3CC[C@@H](C3)C2)c2ccccc2)cc1. The molecule has 1 saturated carbocycles. The van der Waals surface area contributed by atoms with Gasteiger partial charge >= 0.3 is 0 Å². The number of rotatable bonds is 4. The lowest BCUT2D eigenvalue weighted by atomic mass is 9.97. The van der Waals surface area contributed by atoms with Crippen LogP contribution in [0.3, 0.4) is 0 Å². The van der Waals surface area contributed by atoms with Crippen molar-refractivity contribution in [3.05, 3.63) is 76.8 Å². The monoisotopic (exact) mass is 351 g/mol. The number of fused-ring (bicyclic) bond motifs is 2. The minimum Gasteiger partial charge on any atom is -0.299 e. The summed E-state index contributed by atoms with van der Waals surface area (Å²) in [6, 6.07) is 18.9. The summed E-state index contributed by atoms with van der Waals surface area (Å²) in [7, 11) is 0. The van der Waals surface area contributed by atoms with Gasteiger partial charge in [-0.3, -0.25) is 4.90 Å². The highest BCUT2D eigenvalue weighted by molar-refractivity contribution is 6.30. The predicted molar refractivity (Wildman–Crippen MR) is 107 cm³/mol. The molecule has 0 unspecified atom stereocenters. The Balaban J connectivity index is 1.57. The lowest BCUT2D eigenvalue weighted by Crippen LogP contribution is -2.29. The van der Waals surface area contributed by atoms with E-state index in [2.05, 4.69) is 53.4 Å². The average molecular weight is 352 g/mol. The molecule has 2 atom stereocenters. The first kappa shape index (κ1) is 16.9. The third-order valence-corrected chi connectivity index (χ3v) is 6.07. The van der Waals surface area contributed by atoms with Crippen molar-refractivity contribution in [1.82, 2.24) is 4.90 Å². The molecule has 2 aromatic rings. The molecule has 4 rings (SSSR count). The van der Waals surface area contributed by atoms with Gasteiger partial charge in [-0.25, -0.2) is 0 Å². The maximum atomic E-state index is 6.09. The summed E-state index contributed by atoms with van der Waals surface area (Å²) in [4.78, 5) is 2.66. The van der Waals surface area contributed by atoms with Crippen molar-refractivity contribution in [3.63, 3.8) is 0 Å². The summed E-state index contributed by atoms with van der Waals surface area (Å²) in [5, 5.41) is 0.791. The van der Waals surface area contributed by atoms with Gasteiger partial charge in [0.15, 0.2) is 0 Å². The van der Waals surface area contributed by atoms with Crippen LogP contribution in [0.5, 0.6) is 0 Å². The van der Waals surface area contributed by atoms with E-state index in [1.165, 1.54) is 55.5 Å². The fourth-order valence-corrected chi connectivity index (χ4v) is 4.59. The van der Waals surface area contributed by atoms with Gasteiger partial charge in [0, 0.05) is 18.1 Å². The van der Waals surface area contributed by atoms with E-state index in [9.17, 15) is 0 Å². The smallest absolute Gasteiger partial charge is 0.0406 e. The van der Waals surface area contributed by atoms with E-state index in [1.807, 2.05) is 12.1 Å². The van der Waals surface area contributed by atoms with Crippen molar-refractivity contribution in [2.75, 3.05) is 19.6 Å². The number of hydrogen-bond acceptors (Lipinski definition) is 1. The molecule has 0 N–H and O–H groups in total. The second-order valence-corrected chi connectivity index (χ2v) is 8.02. The molecule has 2 heteroatoms. The minimum atomic E-state index is 0.791. The second kappa shape index (κ2) is 7.76. The van der Waals surface area contributed by atoms with Crippen molar-refractivity contribution in [1.29, 1.82) is 0 Å². The minimum absolute atomic E-state index is 0.791. The number of likely N-dealkylation sites (tertiary alicyclic amines) is 1. The Kier molecular flexibility index (Phi) is 5.24. The molecule has 2 bridgehead atoms. The summed E-state index contributed by atoms with van der Waals surface area (Å²) in [6.07, 6.45) is 8.16. The third-order valence-electron chi connectivity index (χ3n) is 5.81. The van der Waals surface area contributed by atoms with E-state index in [4.69, 9.17) is 11.6 Å². The highest BCUT2D eigenvalue weighted by Crippen LogP contribution is 2.36. The number of nitrogens with zero attached hydrogens (tertiary/aromatic N) is 1. The highest BCUT2D eigenvalue weighted by Gasteiger charge is 2.29. The average Bonchev–Trinajstić information content (AvgIpc) is 2.98. The van der Waals surface area contributed by atoms with Gasteiger partial charge in [0.1, 0.15) is 0 Å². The van der Waals surface area contributed by atoms with Crippen LogP contribution in [0, 0.1) is 11.8 Å². The van der Waals surface area contributed by atoms with Gasteiger partial charge in [-0.2, -0.15) is 0 Å². The summed E-state index contributed by atoms with van der Waals surface area (Å²) in [6.45, 7) is 3.56. The summed E-state index contributed by atoms with van der Waals surface area (Å²) < 4.78 is 0. The third kappa shape index (κ3) is 4.16. The number of halogens is 1. The maximum absolute atomic E-state index is 6.09. The Labute approximate surface area is 156 Å². The Hall–Kier alpha value is -1.57. The van der Waals surface area contributed by atoms with Gasteiger partial charge in [-0.1, -0.05) is 66.6 Å². The normalized spacial score (nSPS) is 24.3. The molecule has 0 amide bonds. The molecule has 0 aromatic heterocycles. The Morgan fingerprint density at radius 2 is 1.64 bits per heavy atom. The fourth-order valence-electron chi connectivity index (χ4n) is 4.46. The molecule has 1 heterocycles. The zero-order chi connectivity index (χ0) is 17.1. The van der Waals surface area contributed by atoms with Crippen molar-refractivity contribution in [2.45, 2.75) is 25.7 Å². The lowest BCUT2D eigenvalue weighted by molar-refractivity contribution is 0.260. The Morgan fingerprint density at radius 3 is 2.44 bits per heavy atom. The molecule has 130 valence electrons. The summed E-state index contributed by atoms with van der Waals surface area (Å²) in [5.41, 5.74) is 3.83. The van der Waals surface area contributed by atoms with Crippen molar-refractivity contribution in [3.8, 4) is 0 Å². The van der Waals surface area contributed by atoms with Crippen molar-refractivity contribution < 1.29 is 0 Å². The zero-order valence-corrected chi connectivity index (χ0v) is 15.5. The van der Waals surface area contributed by atoms with E-state index in [-0.39, 0.29) is 0 Å². The maximum Gasteiger partial charge on any atom is 0.0406 e. The van der Waals surface area contributed by atoms with Crippen LogP contribution in [0.15, 0.2) is 60.7 Å². The van der Waals surface area contributed by atoms with Crippen LogP contribution < -0.4 is 0 Å². The van der Waals surface area contributed by atoms with Crippen LogP contribution in [-0.2, 0) is 0 Å². The first-order valence-corrected chi connectivity index (χ1v) is 9.89. The van der Waals surface area contributed by atoms with E-state index >= 15 is 0 Å². The van der Waals surface area contributed by atoms with E-state index in [0.29, 0.717) is 0 Å². The molecule has 1 nitrogen and oxygen atoms in total. The first-order chi connectivity index (χ1) is 12.3. The molecule has 25 heavy (non-hydrogen) atoms. The molecule has 2 fully saturated rings. The predicted octanol–water partition coefficient (Wildman–Crippen LogP) is 5.89. The topological polar surface area (TPSA) is 3.24 Å². The quantitative estimate of drug-likeness (QED) is 0.663. The molecule has 1 saturated heterocycles. The van der Waals surface area contributed by atoms with E-state index in [0.717, 1.165) is 23.4 Å². The van der Waals surface area contributed by atoms with Gasteiger partial charge in [0.25, 0.3) is 0 Å². The molecule has 2 aromatic carbocycles. The molecule has 0 radical (unpaired) electrons. The van der Waals surface area contributed by atoms with Crippen molar-refractivity contribution >= 4 is 17.2 Å². The van der Waals surface area contributed by atoms with Crippen LogP contribution in [0.1, 0.15) is 36.8 Å². The molecular weight excluding hydrogens is 326 g/mol. The second-order valence-electron chi connectivity index (χ2n) is 7.58. The van der Waals surface area contributed by atoms with Gasteiger partial charge in [0.05, 0.1) is 0 Å². The van der Waals surface area contributed by atoms with Crippen molar-refractivity contribution in [2.24, 2.45) is 11.8 Å². The zero-order valence-electron chi connectivity index (χ0n) is 14.7. The highest BCUT2D eigenvalue weighted by atomic mass is 35.5. The lowest BCUT2D eigenvalue weighted by Gasteiger charge is -2.23. The van der Waals surface area contributed by atoms with Gasteiger partial charge in [0.2, 0.25) is 0 Å². The van der Waals surface area contributed by atoms with Gasteiger partial charge < -0.3 is 0 Å².